The fourth-order valence-electron chi connectivity index (χ4n) is 3.36. The maximum Gasteiger partial charge on any atom is 0.123 e. The minimum Gasteiger partial charge on any atom is -0.207 e. The largest absolute Gasteiger partial charge is 0.207 e. The summed E-state index contributed by atoms with van der Waals surface area (Å²) in [4.78, 5) is 0. The van der Waals surface area contributed by atoms with Gasteiger partial charge in [-0.15, -0.1) is 0 Å². The highest BCUT2D eigenvalue weighted by Crippen LogP contribution is 2.45. The molecule has 0 fully saturated rings. The van der Waals surface area contributed by atoms with Gasteiger partial charge in [0, 0.05) is 0 Å². The first-order valence-corrected chi connectivity index (χ1v) is 8.35. The summed E-state index contributed by atoms with van der Waals surface area (Å²) >= 11 is 0. The standard InChI is InChI=1S/C23H19F/c1-15(2)17-9-12-21-19-5-3-4-6-20(19)22(23(21)14-17)13-16-7-10-18(24)11-8-16/h3-15H,1-2H3/b22-13+. The molecular formula is C23H19F. The molecule has 0 atom stereocenters. The van der Waals surface area contributed by atoms with Gasteiger partial charge in [0.2, 0.25) is 0 Å². The Labute approximate surface area is 142 Å². The summed E-state index contributed by atoms with van der Waals surface area (Å²) in [5, 5.41) is 0. The fourth-order valence-corrected chi connectivity index (χ4v) is 3.36. The molecule has 0 saturated carbocycles. The van der Waals surface area contributed by atoms with Crippen molar-refractivity contribution in [1.29, 1.82) is 0 Å². The lowest BCUT2D eigenvalue weighted by molar-refractivity contribution is 0.628. The summed E-state index contributed by atoms with van der Waals surface area (Å²) in [6.45, 7) is 4.43. The van der Waals surface area contributed by atoms with Crippen LogP contribution in [0.5, 0.6) is 0 Å². The average molecular weight is 314 g/mol. The van der Waals surface area contributed by atoms with Crippen LogP contribution < -0.4 is 0 Å². The number of benzene rings is 3. The number of hydrogen-bond donors (Lipinski definition) is 0. The number of rotatable bonds is 2. The molecule has 118 valence electrons. The summed E-state index contributed by atoms with van der Waals surface area (Å²) in [7, 11) is 0. The van der Waals surface area contributed by atoms with Crippen LogP contribution in [0.2, 0.25) is 0 Å². The van der Waals surface area contributed by atoms with Gasteiger partial charge in [-0.25, -0.2) is 4.39 Å². The third kappa shape index (κ3) is 2.46. The van der Waals surface area contributed by atoms with Crippen molar-refractivity contribution in [2.75, 3.05) is 0 Å². The van der Waals surface area contributed by atoms with Gasteiger partial charge in [0.1, 0.15) is 5.82 Å². The lowest BCUT2D eigenvalue weighted by atomic mass is 9.95. The van der Waals surface area contributed by atoms with E-state index in [1.54, 1.807) is 0 Å². The van der Waals surface area contributed by atoms with Gasteiger partial charge in [0.25, 0.3) is 0 Å². The topological polar surface area (TPSA) is 0 Å². The molecule has 0 nitrogen and oxygen atoms in total. The summed E-state index contributed by atoms with van der Waals surface area (Å²) in [5.41, 5.74) is 8.65. The third-order valence-electron chi connectivity index (χ3n) is 4.69. The predicted molar refractivity (Wildman–Crippen MR) is 99.3 cm³/mol. The molecule has 0 amide bonds. The van der Waals surface area contributed by atoms with Crippen molar-refractivity contribution in [2.24, 2.45) is 0 Å². The Bertz CT molecular complexity index is 931. The van der Waals surface area contributed by atoms with Gasteiger partial charge >= 0.3 is 0 Å². The van der Waals surface area contributed by atoms with Crippen molar-refractivity contribution >= 4 is 11.6 Å². The van der Waals surface area contributed by atoms with E-state index in [-0.39, 0.29) is 5.82 Å². The van der Waals surface area contributed by atoms with Gasteiger partial charge in [-0.2, -0.15) is 0 Å². The predicted octanol–water partition coefficient (Wildman–Crippen LogP) is 6.52. The Balaban J connectivity index is 1.93. The first kappa shape index (κ1) is 14.9. The van der Waals surface area contributed by atoms with Crippen LogP contribution in [0.4, 0.5) is 4.39 Å². The van der Waals surface area contributed by atoms with E-state index in [1.807, 2.05) is 12.1 Å². The summed E-state index contributed by atoms with van der Waals surface area (Å²) in [6.07, 6.45) is 2.16. The molecule has 0 saturated heterocycles. The molecule has 4 rings (SSSR count). The molecule has 1 heteroatoms. The minimum absolute atomic E-state index is 0.202. The van der Waals surface area contributed by atoms with Crippen LogP contribution in [0, 0.1) is 5.82 Å². The molecule has 0 spiro atoms. The average Bonchev–Trinajstić information content (AvgIpc) is 2.90. The van der Waals surface area contributed by atoms with Crippen LogP contribution in [0.3, 0.4) is 0 Å². The highest BCUT2D eigenvalue weighted by Gasteiger charge is 2.23. The normalized spacial score (nSPS) is 14.1. The second-order valence-corrected chi connectivity index (χ2v) is 6.61. The van der Waals surface area contributed by atoms with E-state index in [4.69, 9.17) is 0 Å². The molecule has 1 aliphatic carbocycles. The van der Waals surface area contributed by atoms with Gasteiger partial charge in [0.05, 0.1) is 0 Å². The highest BCUT2D eigenvalue weighted by molar-refractivity contribution is 6.06. The van der Waals surface area contributed by atoms with Gasteiger partial charge in [-0.1, -0.05) is 68.4 Å². The van der Waals surface area contributed by atoms with Gasteiger partial charge in [-0.3, -0.25) is 0 Å². The molecule has 3 aromatic carbocycles. The van der Waals surface area contributed by atoms with Crippen LogP contribution in [-0.4, -0.2) is 0 Å². The molecule has 0 N–H and O–H groups in total. The Hall–Kier alpha value is -2.67. The second-order valence-electron chi connectivity index (χ2n) is 6.61. The van der Waals surface area contributed by atoms with Crippen molar-refractivity contribution in [3.63, 3.8) is 0 Å². The molecule has 3 aromatic rings. The molecule has 0 aromatic heterocycles. The number of halogens is 1. The zero-order chi connectivity index (χ0) is 16.7. The highest BCUT2D eigenvalue weighted by atomic mass is 19.1. The molecule has 0 radical (unpaired) electrons. The quantitative estimate of drug-likeness (QED) is 0.395. The monoisotopic (exact) mass is 314 g/mol. The second kappa shape index (κ2) is 5.76. The Morgan fingerprint density at radius 3 is 2.12 bits per heavy atom. The van der Waals surface area contributed by atoms with Crippen LogP contribution in [0.15, 0.2) is 66.7 Å². The molecule has 0 aliphatic heterocycles. The van der Waals surface area contributed by atoms with E-state index < -0.39 is 0 Å². The van der Waals surface area contributed by atoms with Gasteiger partial charge < -0.3 is 0 Å². The summed E-state index contributed by atoms with van der Waals surface area (Å²) in [6, 6.07) is 21.9. The van der Waals surface area contributed by atoms with Crippen molar-refractivity contribution < 1.29 is 4.39 Å². The first-order valence-electron chi connectivity index (χ1n) is 8.35. The molecule has 0 unspecified atom stereocenters. The molecule has 24 heavy (non-hydrogen) atoms. The van der Waals surface area contributed by atoms with Crippen molar-refractivity contribution in [3.05, 3.63) is 94.8 Å². The number of fused-ring (bicyclic) bond motifs is 3. The van der Waals surface area contributed by atoms with Crippen LogP contribution in [-0.2, 0) is 0 Å². The fraction of sp³-hybridized carbons (Fsp3) is 0.130. The summed E-state index contributed by atoms with van der Waals surface area (Å²) < 4.78 is 13.2. The molecule has 0 heterocycles. The molecular weight excluding hydrogens is 295 g/mol. The van der Waals surface area contributed by atoms with Crippen molar-refractivity contribution in [3.8, 4) is 11.1 Å². The van der Waals surface area contributed by atoms with E-state index in [0.717, 1.165) is 5.56 Å². The molecule has 1 aliphatic rings. The third-order valence-corrected chi connectivity index (χ3v) is 4.69. The maximum absolute atomic E-state index is 13.2. The van der Waals surface area contributed by atoms with Gasteiger partial charge in [0.15, 0.2) is 0 Å². The van der Waals surface area contributed by atoms with E-state index in [0.29, 0.717) is 5.92 Å². The minimum atomic E-state index is -0.202. The SMILES string of the molecule is CC(C)c1ccc2c(c1)/C(=C/c1ccc(F)cc1)c1ccccc1-2. The lowest BCUT2D eigenvalue weighted by Crippen LogP contribution is -1.90. The van der Waals surface area contributed by atoms with E-state index in [2.05, 4.69) is 62.4 Å². The zero-order valence-electron chi connectivity index (χ0n) is 13.9. The van der Waals surface area contributed by atoms with Crippen molar-refractivity contribution in [1.82, 2.24) is 0 Å². The molecule has 0 bridgehead atoms. The number of hydrogen-bond acceptors (Lipinski definition) is 0. The Morgan fingerprint density at radius 2 is 1.42 bits per heavy atom. The van der Waals surface area contributed by atoms with Crippen LogP contribution in [0.25, 0.3) is 22.8 Å². The van der Waals surface area contributed by atoms with E-state index in [9.17, 15) is 4.39 Å². The summed E-state index contributed by atoms with van der Waals surface area (Å²) in [5.74, 6) is 0.289. The van der Waals surface area contributed by atoms with Crippen LogP contribution in [0.1, 0.15) is 42.0 Å². The van der Waals surface area contributed by atoms with E-state index >= 15 is 0 Å². The smallest absolute Gasteiger partial charge is 0.123 e. The zero-order valence-corrected chi connectivity index (χ0v) is 13.9. The van der Waals surface area contributed by atoms with Gasteiger partial charge in [-0.05, 0) is 63.1 Å². The first-order chi connectivity index (χ1) is 11.6. The van der Waals surface area contributed by atoms with Crippen molar-refractivity contribution in [2.45, 2.75) is 19.8 Å². The maximum atomic E-state index is 13.2. The van der Waals surface area contributed by atoms with E-state index in [1.165, 1.54) is 45.5 Å². The lowest BCUT2D eigenvalue weighted by Gasteiger charge is -2.09. The van der Waals surface area contributed by atoms with Crippen LogP contribution >= 0.6 is 0 Å². The Kier molecular flexibility index (Phi) is 3.57. The Morgan fingerprint density at radius 1 is 0.750 bits per heavy atom.